The molecule has 0 unspecified atom stereocenters. The van der Waals surface area contributed by atoms with E-state index in [1.165, 1.54) is 0 Å². The van der Waals surface area contributed by atoms with E-state index < -0.39 is 17.0 Å². The molecule has 0 saturated heterocycles. The second-order valence-corrected chi connectivity index (χ2v) is 9.94. The third-order valence-corrected chi connectivity index (χ3v) is 6.67. The molecule has 0 amide bonds. The van der Waals surface area contributed by atoms with Gasteiger partial charge in [-0.15, -0.1) is 0 Å². The van der Waals surface area contributed by atoms with Gasteiger partial charge in [0.05, 0.1) is 0 Å². The van der Waals surface area contributed by atoms with Crippen molar-refractivity contribution in [3.05, 3.63) is 83.1 Å². The predicted octanol–water partition coefficient (Wildman–Crippen LogP) is 6.13. The summed E-state index contributed by atoms with van der Waals surface area (Å²) in [4.78, 5) is 27.7. The summed E-state index contributed by atoms with van der Waals surface area (Å²) in [6.45, 7) is 5.55. The van der Waals surface area contributed by atoms with E-state index in [9.17, 15) is 9.59 Å². The van der Waals surface area contributed by atoms with Crippen molar-refractivity contribution in [3.8, 4) is 11.3 Å². The standard InChI is InChI=1S/C28H28O4/c1-27(2,3)32-26(30)28(17-19-12-7-8-13-20(19)25(28)29)22-14-9-15-23-21(22)16-24(31-23)18-10-5-4-6-11-18/h4-8,10-13,16,22H,9,14-15,17H2,1-3H3/t22-,28+/m0/s1. The minimum atomic E-state index is -1.26. The van der Waals surface area contributed by atoms with Gasteiger partial charge in [0.1, 0.15) is 22.5 Å². The number of rotatable bonds is 3. The van der Waals surface area contributed by atoms with Crippen LogP contribution in [-0.4, -0.2) is 17.4 Å². The summed E-state index contributed by atoms with van der Waals surface area (Å²) < 4.78 is 12.2. The van der Waals surface area contributed by atoms with Gasteiger partial charge < -0.3 is 9.15 Å². The number of carbonyl (C=O) groups excluding carboxylic acids is 2. The number of fused-ring (bicyclic) bond motifs is 2. The number of benzene rings is 2. The van der Waals surface area contributed by atoms with Crippen molar-refractivity contribution in [3.63, 3.8) is 0 Å². The Morgan fingerprint density at radius 2 is 1.78 bits per heavy atom. The molecule has 4 nitrogen and oxygen atoms in total. The van der Waals surface area contributed by atoms with Crippen LogP contribution >= 0.6 is 0 Å². The van der Waals surface area contributed by atoms with Gasteiger partial charge in [-0.25, -0.2) is 0 Å². The summed E-state index contributed by atoms with van der Waals surface area (Å²) in [5.74, 6) is 0.841. The summed E-state index contributed by atoms with van der Waals surface area (Å²) in [6.07, 6.45) is 2.80. The van der Waals surface area contributed by atoms with Crippen molar-refractivity contribution >= 4 is 11.8 Å². The highest BCUT2D eigenvalue weighted by atomic mass is 16.6. The van der Waals surface area contributed by atoms with Gasteiger partial charge in [0.25, 0.3) is 0 Å². The number of Topliss-reactive ketones (excluding diaryl/α,β-unsaturated/α-hetero) is 1. The zero-order valence-electron chi connectivity index (χ0n) is 18.8. The molecule has 2 aliphatic rings. The molecule has 0 saturated carbocycles. The Morgan fingerprint density at radius 3 is 2.50 bits per heavy atom. The number of ketones is 1. The molecule has 3 aromatic rings. The zero-order chi connectivity index (χ0) is 22.5. The fourth-order valence-electron chi connectivity index (χ4n) is 5.29. The van der Waals surface area contributed by atoms with Gasteiger partial charge in [0, 0.05) is 23.5 Å². The van der Waals surface area contributed by atoms with Crippen LogP contribution in [0.3, 0.4) is 0 Å². The molecule has 4 heteroatoms. The highest BCUT2D eigenvalue weighted by molar-refractivity contribution is 6.17. The molecule has 2 aromatic carbocycles. The van der Waals surface area contributed by atoms with E-state index >= 15 is 0 Å². The van der Waals surface area contributed by atoms with Gasteiger partial charge in [-0.05, 0) is 57.2 Å². The third-order valence-electron chi connectivity index (χ3n) is 6.67. The largest absolute Gasteiger partial charge is 0.461 e. The van der Waals surface area contributed by atoms with Crippen molar-refractivity contribution in [1.29, 1.82) is 0 Å². The maximum atomic E-state index is 13.9. The van der Waals surface area contributed by atoms with E-state index in [-0.39, 0.29) is 11.7 Å². The first-order valence-corrected chi connectivity index (χ1v) is 11.3. The first-order chi connectivity index (χ1) is 15.3. The Balaban J connectivity index is 1.64. The van der Waals surface area contributed by atoms with Crippen molar-refractivity contribution < 1.29 is 18.7 Å². The Labute approximate surface area is 188 Å². The number of furan rings is 1. The maximum Gasteiger partial charge on any atom is 0.321 e. The van der Waals surface area contributed by atoms with Crippen LogP contribution in [0.15, 0.2) is 65.1 Å². The van der Waals surface area contributed by atoms with Crippen molar-refractivity contribution in [2.24, 2.45) is 5.41 Å². The molecule has 0 bridgehead atoms. The molecular weight excluding hydrogens is 400 g/mol. The van der Waals surface area contributed by atoms with Crippen LogP contribution in [0.1, 0.15) is 66.8 Å². The fraction of sp³-hybridized carbons (Fsp3) is 0.357. The minimum absolute atomic E-state index is 0.123. The van der Waals surface area contributed by atoms with E-state index in [1.807, 2.05) is 81.4 Å². The Bertz CT molecular complexity index is 1180. The number of aryl methyl sites for hydroxylation is 1. The average Bonchev–Trinajstić information content (AvgIpc) is 3.33. The quantitative estimate of drug-likeness (QED) is 0.372. The zero-order valence-corrected chi connectivity index (χ0v) is 18.8. The summed E-state index contributed by atoms with van der Waals surface area (Å²) in [7, 11) is 0. The summed E-state index contributed by atoms with van der Waals surface area (Å²) in [5, 5.41) is 0. The van der Waals surface area contributed by atoms with Gasteiger partial charge in [0.2, 0.25) is 0 Å². The third kappa shape index (κ3) is 3.29. The van der Waals surface area contributed by atoms with E-state index in [4.69, 9.17) is 9.15 Å². The summed E-state index contributed by atoms with van der Waals surface area (Å²) in [6, 6.07) is 19.6. The topological polar surface area (TPSA) is 56.5 Å². The first-order valence-electron chi connectivity index (χ1n) is 11.3. The van der Waals surface area contributed by atoms with Gasteiger partial charge in [-0.2, -0.15) is 0 Å². The molecule has 164 valence electrons. The summed E-state index contributed by atoms with van der Waals surface area (Å²) in [5.41, 5.74) is 1.58. The van der Waals surface area contributed by atoms with Crippen LogP contribution in [0.4, 0.5) is 0 Å². The smallest absolute Gasteiger partial charge is 0.321 e. The van der Waals surface area contributed by atoms with Gasteiger partial charge in [0.15, 0.2) is 5.78 Å². The Kier molecular flexibility index (Phi) is 4.85. The molecular formula is C28H28O4. The SMILES string of the molecule is CC(C)(C)OC(=O)[C@@]1([C@H]2CCCc3oc(-c4ccccc4)cc32)Cc2ccccc2C1=O. The molecule has 32 heavy (non-hydrogen) atoms. The van der Waals surface area contributed by atoms with E-state index in [1.54, 1.807) is 0 Å². The van der Waals surface area contributed by atoms with E-state index in [0.29, 0.717) is 12.0 Å². The highest BCUT2D eigenvalue weighted by Gasteiger charge is 2.59. The lowest BCUT2D eigenvalue weighted by Gasteiger charge is -2.38. The lowest BCUT2D eigenvalue weighted by Crippen LogP contribution is -2.47. The lowest BCUT2D eigenvalue weighted by molar-refractivity contribution is -0.165. The van der Waals surface area contributed by atoms with E-state index in [0.717, 1.165) is 47.5 Å². The number of carbonyl (C=O) groups is 2. The molecule has 0 spiro atoms. The van der Waals surface area contributed by atoms with Gasteiger partial charge in [-0.1, -0.05) is 54.6 Å². The second kappa shape index (κ2) is 7.47. The average molecular weight is 429 g/mol. The molecule has 0 N–H and O–H groups in total. The first kappa shape index (κ1) is 20.7. The predicted molar refractivity (Wildman–Crippen MR) is 123 cm³/mol. The molecule has 0 fully saturated rings. The second-order valence-electron chi connectivity index (χ2n) is 9.94. The normalized spacial score (nSPS) is 22.3. The molecule has 0 radical (unpaired) electrons. The monoisotopic (exact) mass is 428 g/mol. The minimum Gasteiger partial charge on any atom is -0.461 e. The van der Waals surface area contributed by atoms with Crippen LogP contribution in [0, 0.1) is 5.41 Å². The number of hydrogen-bond donors (Lipinski definition) is 0. The lowest BCUT2D eigenvalue weighted by atomic mass is 9.65. The molecule has 2 atom stereocenters. The number of esters is 1. The van der Waals surface area contributed by atoms with Gasteiger partial charge >= 0.3 is 5.97 Å². The Hall–Kier alpha value is -3.14. The molecule has 5 rings (SSSR count). The maximum absolute atomic E-state index is 13.9. The van der Waals surface area contributed by atoms with E-state index in [2.05, 4.69) is 0 Å². The van der Waals surface area contributed by atoms with Crippen LogP contribution in [0.25, 0.3) is 11.3 Å². The van der Waals surface area contributed by atoms with Crippen molar-refractivity contribution in [1.82, 2.24) is 0 Å². The fourth-order valence-corrected chi connectivity index (χ4v) is 5.29. The molecule has 1 heterocycles. The van der Waals surface area contributed by atoms with Crippen molar-refractivity contribution in [2.45, 2.75) is 58.0 Å². The van der Waals surface area contributed by atoms with Gasteiger partial charge in [-0.3, -0.25) is 9.59 Å². The highest BCUT2D eigenvalue weighted by Crippen LogP contribution is 2.53. The summed E-state index contributed by atoms with van der Waals surface area (Å²) >= 11 is 0. The molecule has 1 aromatic heterocycles. The number of hydrogen-bond acceptors (Lipinski definition) is 4. The van der Waals surface area contributed by atoms with Crippen LogP contribution in [0.5, 0.6) is 0 Å². The van der Waals surface area contributed by atoms with Crippen LogP contribution in [0.2, 0.25) is 0 Å². The number of ether oxygens (including phenoxy) is 1. The van der Waals surface area contributed by atoms with Crippen molar-refractivity contribution in [2.75, 3.05) is 0 Å². The van der Waals surface area contributed by atoms with Crippen LogP contribution < -0.4 is 0 Å². The molecule has 0 aliphatic heterocycles. The Morgan fingerprint density at radius 1 is 1.06 bits per heavy atom. The van der Waals surface area contributed by atoms with Crippen LogP contribution in [-0.2, 0) is 22.4 Å². The molecule has 2 aliphatic carbocycles.